The van der Waals surface area contributed by atoms with E-state index in [9.17, 15) is 4.79 Å². The zero-order valence-corrected chi connectivity index (χ0v) is 12.9. The van der Waals surface area contributed by atoms with Crippen molar-refractivity contribution in [1.29, 1.82) is 0 Å². The minimum absolute atomic E-state index is 0.0358. The van der Waals surface area contributed by atoms with Crippen LogP contribution in [0.2, 0.25) is 0 Å². The molecule has 1 saturated heterocycles. The fourth-order valence-corrected chi connectivity index (χ4v) is 3.00. The van der Waals surface area contributed by atoms with Gasteiger partial charge in [0.15, 0.2) is 0 Å². The van der Waals surface area contributed by atoms with E-state index in [-0.39, 0.29) is 17.5 Å². The predicted molar refractivity (Wildman–Crippen MR) is 83.7 cm³/mol. The second-order valence-electron chi connectivity index (χ2n) is 6.35. The number of carbonyl (C=O) groups is 1. The maximum Gasteiger partial charge on any atom is 0.241 e. The molecule has 4 nitrogen and oxygen atoms in total. The molecule has 1 amide bonds. The summed E-state index contributed by atoms with van der Waals surface area (Å²) >= 11 is 0. The first-order valence-corrected chi connectivity index (χ1v) is 7.25. The molecule has 0 aliphatic carbocycles. The smallest absolute Gasteiger partial charge is 0.241 e. The van der Waals surface area contributed by atoms with Gasteiger partial charge in [0, 0.05) is 16.9 Å². The van der Waals surface area contributed by atoms with E-state index in [2.05, 4.69) is 24.1 Å². The second-order valence-corrected chi connectivity index (χ2v) is 6.35. The van der Waals surface area contributed by atoms with E-state index in [1.807, 2.05) is 32.0 Å². The van der Waals surface area contributed by atoms with Gasteiger partial charge in [-0.25, -0.2) is 0 Å². The summed E-state index contributed by atoms with van der Waals surface area (Å²) in [6, 6.07) is 5.45. The first-order chi connectivity index (χ1) is 9.31. The third kappa shape index (κ3) is 2.96. The Morgan fingerprint density at radius 3 is 2.75 bits per heavy atom. The van der Waals surface area contributed by atoms with Crippen LogP contribution in [0.1, 0.15) is 39.2 Å². The van der Waals surface area contributed by atoms with Gasteiger partial charge in [0.25, 0.3) is 0 Å². The van der Waals surface area contributed by atoms with Crippen molar-refractivity contribution >= 4 is 17.3 Å². The highest BCUT2D eigenvalue weighted by molar-refractivity contribution is 5.95. The largest absolute Gasteiger partial charge is 0.399 e. The number of nitrogens with zero attached hydrogens (tertiary/aromatic N) is 1. The molecule has 0 aromatic heterocycles. The Bertz CT molecular complexity index is 510. The van der Waals surface area contributed by atoms with Crippen LogP contribution in [-0.4, -0.2) is 28.9 Å². The van der Waals surface area contributed by atoms with Crippen molar-refractivity contribution in [2.24, 2.45) is 0 Å². The van der Waals surface area contributed by atoms with E-state index in [0.717, 1.165) is 30.6 Å². The van der Waals surface area contributed by atoms with Gasteiger partial charge in [-0.15, -0.1) is 0 Å². The van der Waals surface area contributed by atoms with Crippen molar-refractivity contribution in [3.05, 3.63) is 23.8 Å². The number of rotatable bonds is 3. The monoisotopic (exact) mass is 275 g/mol. The highest BCUT2D eigenvalue weighted by Gasteiger charge is 2.37. The lowest BCUT2D eigenvalue weighted by Crippen LogP contribution is -2.49. The molecule has 0 spiro atoms. The van der Waals surface area contributed by atoms with Gasteiger partial charge in [0.1, 0.15) is 0 Å². The van der Waals surface area contributed by atoms with Crippen LogP contribution in [0.4, 0.5) is 11.4 Å². The van der Waals surface area contributed by atoms with Crippen molar-refractivity contribution in [1.82, 2.24) is 4.90 Å². The summed E-state index contributed by atoms with van der Waals surface area (Å²) in [7, 11) is 0. The average Bonchev–Trinajstić information content (AvgIpc) is 2.72. The number of nitrogens with two attached hydrogens (primary N) is 1. The number of nitrogen functional groups attached to an aromatic ring is 1. The van der Waals surface area contributed by atoms with Crippen LogP contribution in [-0.2, 0) is 4.79 Å². The molecule has 1 unspecified atom stereocenters. The molecule has 1 fully saturated rings. The van der Waals surface area contributed by atoms with Crippen LogP contribution < -0.4 is 11.1 Å². The Morgan fingerprint density at radius 2 is 2.15 bits per heavy atom. The number of likely N-dealkylation sites (tertiary alicyclic amines) is 1. The number of aryl methyl sites for hydroxylation is 1. The summed E-state index contributed by atoms with van der Waals surface area (Å²) < 4.78 is 0. The molecular formula is C16H25N3O. The molecule has 110 valence electrons. The maximum absolute atomic E-state index is 12.5. The van der Waals surface area contributed by atoms with E-state index >= 15 is 0 Å². The SMILES string of the molecule is Cc1ccc(N)cc1NC(=O)C(C)N1CCCC1(C)C. The van der Waals surface area contributed by atoms with Gasteiger partial charge < -0.3 is 11.1 Å². The highest BCUT2D eigenvalue weighted by Crippen LogP contribution is 2.30. The number of hydrogen-bond donors (Lipinski definition) is 2. The van der Waals surface area contributed by atoms with E-state index in [1.54, 1.807) is 0 Å². The molecule has 0 radical (unpaired) electrons. The zero-order chi connectivity index (χ0) is 14.9. The summed E-state index contributed by atoms with van der Waals surface area (Å²) in [5, 5.41) is 3.00. The predicted octanol–water partition coefficient (Wildman–Crippen LogP) is 2.78. The minimum atomic E-state index is -0.131. The number of amides is 1. The Hall–Kier alpha value is -1.55. The summed E-state index contributed by atoms with van der Waals surface area (Å²) in [5.41, 5.74) is 8.38. The quantitative estimate of drug-likeness (QED) is 0.834. The summed E-state index contributed by atoms with van der Waals surface area (Å²) in [4.78, 5) is 14.7. The van der Waals surface area contributed by atoms with Crippen LogP contribution in [0.5, 0.6) is 0 Å². The molecule has 1 aliphatic heterocycles. The topological polar surface area (TPSA) is 58.4 Å². The van der Waals surface area contributed by atoms with E-state index < -0.39 is 0 Å². The highest BCUT2D eigenvalue weighted by atomic mass is 16.2. The Balaban J connectivity index is 2.10. The first kappa shape index (κ1) is 14.9. The van der Waals surface area contributed by atoms with Crippen molar-refractivity contribution in [3.63, 3.8) is 0 Å². The van der Waals surface area contributed by atoms with E-state index in [4.69, 9.17) is 5.73 Å². The van der Waals surface area contributed by atoms with Gasteiger partial charge in [-0.1, -0.05) is 6.07 Å². The summed E-state index contributed by atoms with van der Waals surface area (Å²) in [6.45, 7) is 9.34. The van der Waals surface area contributed by atoms with Crippen molar-refractivity contribution in [3.8, 4) is 0 Å². The molecule has 1 atom stereocenters. The van der Waals surface area contributed by atoms with Gasteiger partial charge >= 0.3 is 0 Å². The first-order valence-electron chi connectivity index (χ1n) is 7.25. The Morgan fingerprint density at radius 1 is 1.45 bits per heavy atom. The molecule has 2 rings (SSSR count). The maximum atomic E-state index is 12.5. The number of carbonyl (C=O) groups excluding carboxylic acids is 1. The number of benzene rings is 1. The standard InChI is InChI=1S/C16H25N3O/c1-11-6-7-13(17)10-14(11)18-15(20)12(2)19-9-5-8-16(19,3)4/h6-7,10,12H,5,8-9,17H2,1-4H3,(H,18,20). The minimum Gasteiger partial charge on any atom is -0.399 e. The van der Waals surface area contributed by atoms with Crippen LogP contribution in [0, 0.1) is 6.92 Å². The second kappa shape index (κ2) is 5.44. The third-order valence-electron chi connectivity index (χ3n) is 4.33. The lowest BCUT2D eigenvalue weighted by Gasteiger charge is -2.35. The van der Waals surface area contributed by atoms with Crippen LogP contribution in [0.25, 0.3) is 0 Å². The number of nitrogens with one attached hydrogen (secondary N) is 1. The molecule has 1 aromatic carbocycles. The average molecular weight is 275 g/mol. The van der Waals surface area contributed by atoms with Gasteiger partial charge in [-0.2, -0.15) is 0 Å². The van der Waals surface area contributed by atoms with Crippen molar-refractivity contribution < 1.29 is 4.79 Å². The summed E-state index contributed by atoms with van der Waals surface area (Å²) in [5.74, 6) is 0.0358. The molecular weight excluding hydrogens is 250 g/mol. The van der Waals surface area contributed by atoms with Crippen molar-refractivity contribution in [2.45, 2.75) is 52.1 Å². The zero-order valence-electron chi connectivity index (χ0n) is 12.9. The lowest BCUT2D eigenvalue weighted by atomic mass is 10.0. The molecule has 4 heteroatoms. The van der Waals surface area contributed by atoms with Crippen LogP contribution in [0.3, 0.4) is 0 Å². The Labute approximate surface area is 121 Å². The van der Waals surface area contributed by atoms with Gasteiger partial charge in [0.05, 0.1) is 6.04 Å². The molecule has 3 N–H and O–H groups in total. The molecule has 1 aromatic rings. The molecule has 20 heavy (non-hydrogen) atoms. The van der Waals surface area contributed by atoms with Crippen LogP contribution in [0.15, 0.2) is 18.2 Å². The number of hydrogen-bond acceptors (Lipinski definition) is 3. The molecule has 0 saturated carbocycles. The lowest BCUT2D eigenvalue weighted by molar-refractivity contribution is -0.122. The Kier molecular flexibility index (Phi) is 4.04. The molecule has 1 heterocycles. The van der Waals surface area contributed by atoms with Crippen molar-refractivity contribution in [2.75, 3.05) is 17.6 Å². The van der Waals surface area contributed by atoms with Gasteiger partial charge in [0.2, 0.25) is 5.91 Å². The molecule has 1 aliphatic rings. The number of anilines is 2. The normalized spacial score (nSPS) is 19.8. The fraction of sp³-hybridized carbons (Fsp3) is 0.562. The van der Waals surface area contributed by atoms with E-state index in [1.165, 1.54) is 0 Å². The fourth-order valence-electron chi connectivity index (χ4n) is 3.00. The van der Waals surface area contributed by atoms with Gasteiger partial charge in [-0.05, 0) is 64.8 Å². The summed E-state index contributed by atoms with van der Waals surface area (Å²) in [6.07, 6.45) is 2.30. The molecule has 0 bridgehead atoms. The van der Waals surface area contributed by atoms with Crippen LogP contribution >= 0.6 is 0 Å². The van der Waals surface area contributed by atoms with E-state index in [0.29, 0.717) is 5.69 Å². The van der Waals surface area contributed by atoms with Gasteiger partial charge in [-0.3, -0.25) is 9.69 Å². The third-order valence-corrected chi connectivity index (χ3v) is 4.33.